The summed E-state index contributed by atoms with van der Waals surface area (Å²) in [6, 6.07) is 11.5. The number of hydrogen-bond donors (Lipinski definition) is 1. The van der Waals surface area contributed by atoms with Crippen molar-refractivity contribution in [1.82, 2.24) is 0 Å². The van der Waals surface area contributed by atoms with E-state index in [1.807, 2.05) is 0 Å². The number of amides is 2. The van der Waals surface area contributed by atoms with Gasteiger partial charge in [-0.05, 0) is 23.8 Å². The molecule has 0 spiro atoms. The fourth-order valence-electron chi connectivity index (χ4n) is 2.68. The summed E-state index contributed by atoms with van der Waals surface area (Å²) < 4.78 is 36.7. The molecule has 24 heavy (non-hydrogen) atoms. The van der Waals surface area contributed by atoms with Crippen molar-refractivity contribution in [3.05, 3.63) is 59.9 Å². The monoisotopic (exact) mass is 348 g/mol. The van der Waals surface area contributed by atoms with Gasteiger partial charge >= 0.3 is 0 Å². The summed E-state index contributed by atoms with van der Waals surface area (Å²) in [5.41, 5.74) is 0.385. The Bertz CT molecular complexity index is 928. The van der Waals surface area contributed by atoms with Crippen LogP contribution in [0.2, 0.25) is 0 Å². The van der Waals surface area contributed by atoms with Crippen LogP contribution in [0.5, 0.6) is 0 Å². The van der Waals surface area contributed by atoms with Crippen LogP contribution in [0.4, 0.5) is 10.1 Å². The summed E-state index contributed by atoms with van der Waals surface area (Å²) >= 11 is 0. The molecular weight excluding hydrogens is 335 g/mol. The van der Waals surface area contributed by atoms with Gasteiger partial charge in [0.15, 0.2) is 0 Å². The number of nitrogens with two attached hydrogens (primary N) is 1. The lowest BCUT2D eigenvalue weighted by Gasteiger charge is -2.16. The van der Waals surface area contributed by atoms with Crippen molar-refractivity contribution in [2.75, 3.05) is 4.90 Å². The smallest absolute Gasteiger partial charge is 0.241 e. The highest BCUT2D eigenvalue weighted by molar-refractivity contribution is 7.89. The van der Waals surface area contributed by atoms with E-state index in [9.17, 15) is 22.4 Å². The van der Waals surface area contributed by atoms with Crippen LogP contribution in [0.3, 0.4) is 0 Å². The molecule has 1 aliphatic rings. The summed E-state index contributed by atoms with van der Waals surface area (Å²) in [6.45, 7) is 0. The first-order valence-electron chi connectivity index (χ1n) is 7.03. The number of primary sulfonamides is 1. The zero-order valence-corrected chi connectivity index (χ0v) is 13.2. The topological polar surface area (TPSA) is 97.5 Å². The van der Waals surface area contributed by atoms with Gasteiger partial charge in [-0.3, -0.25) is 9.59 Å². The number of carbonyl (C=O) groups excluding carboxylic acids is 2. The molecule has 1 aliphatic heterocycles. The zero-order chi connectivity index (χ0) is 17.5. The van der Waals surface area contributed by atoms with Crippen LogP contribution in [-0.4, -0.2) is 20.2 Å². The molecule has 1 saturated heterocycles. The molecule has 0 bridgehead atoms. The molecule has 6 nitrogen and oxygen atoms in total. The Hall–Kier alpha value is -2.58. The lowest BCUT2D eigenvalue weighted by Crippen LogP contribution is -2.31. The molecule has 0 aromatic heterocycles. The predicted molar refractivity (Wildman–Crippen MR) is 84.1 cm³/mol. The number of nitrogens with zero attached hydrogens (tertiary/aromatic N) is 1. The Labute approximate surface area is 137 Å². The second-order valence-corrected chi connectivity index (χ2v) is 6.95. The van der Waals surface area contributed by atoms with Crippen molar-refractivity contribution < 1.29 is 22.4 Å². The highest BCUT2D eigenvalue weighted by atomic mass is 32.2. The Morgan fingerprint density at radius 1 is 1.08 bits per heavy atom. The van der Waals surface area contributed by atoms with Crippen LogP contribution < -0.4 is 10.0 Å². The maximum atomic E-state index is 14.2. The van der Waals surface area contributed by atoms with E-state index in [0.29, 0.717) is 11.6 Å². The molecule has 0 unspecified atom stereocenters. The summed E-state index contributed by atoms with van der Waals surface area (Å²) in [6.07, 6.45) is -0.0702. The molecule has 0 aliphatic carbocycles. The first kappa shape index (κ1) is 16.3. The Kier molecular flexibility index (Phi) is 3.94. The minimum Gasteiger partial charge on any atom is -0.274 e. The van der Waals surface area contributed by atoms with Crippen molar-refractivity contribution in [2.24, 2.45) is 5.14 Å². The molecule has 124 valence electrons. The van der Waals surface area contributed by atoms with Gasteiger partial charge in [0.1, 0.15) is 5.82 Å². The van der Waals surface area contributed by atoms with E-state index in [4.69, 9.17) is 5.14 Å². The third kappa shape index (κ3) is 2.81. The average Bonchev–Trinajstić information content (AvgIpc) is 2.82. The Balaban J connectivity index is 1.98. The van der Waals surface area contributed by atoms with E-state index in [1.165, 1.54) is 0 Å². The van der Waals surface area contributed by atoms with Gasteiger partial charge in [-0.2, -0.15) is 0 Å². The molecule has 1 heterocycles. The number of halogens is 1. The molecule has 2 N–H and O–H groups in total. The predicted octanol–water partition coefficient (Wildman–Crippen LogP) is 1.52. The van der Waals surface area contributed by atoms with Crippen molar-refractivity contribution in [2.45, 2.75) is 17.2 Å². The summed E-state index contributed by atoms with van der Waals surface area (Å²) in [5.74, 6) is -2.78. The molecule has 2 amide bonds. The van der Waals surface area contributed by atoms with Gasteiger partial charge in [0, 0.05) is 6.42 Å². The van der Waals surface area contributed by atoms with E-state index in [2.05, 4.69) is 0 Å². The van der Waals surface area contributed by atoms with Gasteiger partial charge in [-0.25, -0.2) is 22.8 Å². The average molecular weight is 348 g/mol. The number of imide groups is 1. The van der Waals surface area contributed by atoms with Crippen LogP contribution in [0.1, 0.15) is 17.9 Å². The highest BCUT2D eigenvalue weighted by Gasteiger charge is 2.41. The van der Waals surface area contributed by atoms with Crippen LogP contribution in [0.15, 0.2) is 53.4 Å². The maximum Gasteiger partial charge on any atom is 0.241 e. The van der Waals surface area contributed by atoms with E-state index >= 15 is 0 Å². The number of rotatable bonds is 3. The third-order valence-electron chi connectivity index (χ3n) is 3.84. The number of carbonyl (C=O) groups is 2. The number of sulfonamides is 1. The maximum absolute atomic E-state index is 14.2. The zero-order valence-electron chi connectivity index (χ0n) is 12.3. The quantitative estimate of drug-likeness (QED) is 0.850. The second-order valence-electron chi connectivity index (χ2n) is 5.39. The molecule has 1 fully saturated rings. The third-order valence-corrected chi connectivity index (χ3v) is 4.75. The highest BCUT2D eigenvalue weighted by Crippen LogP contribution is 2.34. The number of anilines is 1. The molecule has 2 aromatic carbocycles. The SMILES string of the molecule is NS(=O)(=O)c1ccc(N2C(=O)C[C@H](c3ccccc3)C2=O)c(F)c1. The van der Waals surface area contributed by atoms with Crippen molar-refractivity contribution in [3.8, 4) is 0 Å². The summed E-state index contributed by atoms with van der Waals surface area (Å²) in [5, 5.41) is 4.94. The first-order chi connectivity index (χ1) is 11.3. The molecule has 1 atom stereocenters. The Morgan fingerprint density at radius 3 is 2.33 bits per heavy atom. The van der Waals surface area contributed by atoms with E-state index in [0.717, 1.165) is 17.0 Å². The van der Waals surface area contributed by atoms with Crippen molar-refractivity contribution >= 4 is 27.5 Å². The van der Waals surface area contributed by atoms with Gasteiger partial charge in [-0.1, -0.05) is 30.3 Å². The fourth-order valence-corrected chi connectivity index (χ4v) is 3.20. The summed E-state index contributed by atoms with van der Waals surface area (Å²) in [7, 11) is -4.07. The van der Waals surface area contributed by atoms with Crippen LogP contribution in [0.25, 0.3) is 0 Å². The lowest BCUT2D eigenvalue weighted by atomic mass is 9.98. The van der Waals surface area contributed by atoms with Gasteiger partial charge in [0.25, 0.3) is 0 Å². The Morgan fingerprint density at radius 2 is 1.75 bits per heavy atom. The minimum atomic E-state index is -4.07. The van der Waals surface area contributed by atoms with Crippen LogP contribution in [-0.2, 0) is 19.6 Å². The van der Waals surface area contributed by atoms with Crippen LogP contribution >= 0.6 is 0 Å². The normalized spacial score (nSPS) is 18.2. The summed E-state index contributed by atoms with van der Waals surface area (Å²) in [4.78, 5) is 25.1. The van der Waals surface area contributed by atoms with Crippen molar-refractivity contribution in [1.29, 1.82) is 0 Å². The molecular formula is C16H13FN2O4S. The van der Waals surface area contributed by atoms with E-state index < -0.39 is 38.5 Å². The lowest BCUT2D eigenvalue weighted by molar-refractivity contribution is -0.121. The van der Waals surface area contributed by atoms with E-state index in [-0.39, 0.29) is 12.1 Å². The number of hydrogen-bond acceptors (Lipinski definition) is 4. The minimum absolute atomic E-state index is 0.0702. The van der Waals surface area contributed by atoms with Gasteiger partial charge in [0.05, 0.1) is 16.5 Å². The molecule has 0 radical (unpaired) electrons. The van der Waals surface area contributed by atoms with Crippen molar-refractivity contribution in [3.63, 3.8) is 0 Å². The molecule has 8 heteroatoms. The number of benzene rings is 2. The standard InChI is InChI=1S/C16H13FN2O4S/c17-13-8-11(24(18,22)23)6-7-14(13)19-15(20)9-12(16(19)21)10-4-2-1-3-5-10/h1-8,12H,9H2,(H2,18,22,23)/t12-/m1/s1. The largest absolute Gasteiger partial charge is 0.274 e. The second kappa shape index (κ2) is 5.81. The molecule has 0 saturated carbocycles. The fraction of sp³-hybridized carbons (Fsp3) is 0.125. The van der Waals surface area contributed by atoms with Crippen LogP contribution in [0, 0.1) is 5.82 Å². The van der Waals surface area contributed by atoms with Gasteiger partial charge in [-0.15, -0.1) is 0 Å². The van der Waals surface area contributed by atoms with Gasteiger partial charge in [0.2, 0.25) is 21.8 Å². The molecule has 3 rings (SSSR count). The first-order valence-corrected chi connectivity index (χ1v) is 8.58. The van der Waals surface area contributed by atoms with E-state index in [1.54, 1.807) is 30.3 Å². The molecule has 2 aromatic rings. The van der Waals surface area contributed by atoms with Gasteiger partial charge < -0.3 is 0 Å².